The molecule has 0 heterocycles. The molecule has 6 nitrogen and oxygen atoms in total. The van der Waals surface area contributed by atoms with Crippen LogP contribution in [0.25, 0.3) is 0 Å². The average Bonchev–Trinajstić information content (AvgIpc) is 2.79. The van der Waals surface area contributed by atoms with Crippen molar-refractivity contribution in [3.8, 4) is 0 Å². The van der Waals surface area contributed by atoms with Crippen LogP contribution in [0.2, 0.25) is 0 Å². The van der Waals surface area contributed by atoms with Gasteiger partial charge in [0.05, 0.1) is 6.61 Å². The van der Waals surface area contributed by atoms with Gasteiger partial charge in [0.15, 0.2) is 5.78 Å². The van der Waals surface area contributed by atoms with E-state index in [4.69, 9.17) is 0 Å². The van der Waals surface area contributed by atoms with Crippen molar-refractivity contribution in [1.82, 2.24) is 10.6 Å². The predicted molar refractivity (Wildman–Crippen MR) is 119 cm³/mol. The van der Waals surface area contributed by atoms with Crippen LogP contribution in [-0.4, -0.2) is 41.4 Å². The zero-order valence-electron chi connectivity index (χ0n) is 17.7. The normalized spacial score (nSPS) is 15.9. The standard InChI is InChI=1S/C25H30N2O4/c28-17-22(25(31)26-21-14-7-2-1-3-8-15-21)27-24(30)20-13-9-12-19(16-20)23(29)18-10-5-4-6-11-18/h4-6,9-13,16,21-22,28H,1-3,7-8,14-15,17H2,(H,26,31)(H,27,30). The highest BCUT2D eigenvalue weighted by molar-refractivity contribution is 6.10. The first-order valence-corrected chi connectivity index (χ1v) is 11.0. The van der Waals surface area contributed by atoms with Crippen LogP contribution in [0.15, 0.2) is 54.6 Å². The van der Waals surface area contributed by atoms with Crippen LogP contribution in [0, 0.1) is 0 Å². The maximum absolute atomic E-state index is 12.7. The molecule has 1 atom stereocenters. The van der Waals surface area contributed by atoms with Crippen LogP contribution in [0.1, 0.15) is 71.2 Å². The van der Waals surface area contributed by atoms with E-state index in [1.165, 1.54) is 25.3 Å². The van der Waals surface area contributed by atoms with Crippen LogP contribution in [0.5, 0.6) is 0 Å². The number of amides is 2. The second-order valence-electron chi connectivity index (χ2n) is 8.04. The number of carbonyl (C=O) groups is 3. The third kappa shape index (κ3) is 6.49. The number of nitrogens with one attached hydrogen (secondary N) is 2. The molecule has 3 rings (SSSR count). The Morgan fingerprint density at radius 1 is 0.839 bits per heavy atom. The van der Waals surface area contributed by atoms with Crippen molar-refractivity contribution in [2.45, 2.75) is 57.0 Å². The summed E-state index contributed by atoms with van der Waals surface area (Å²) in [7, 11) is 0. The minimum absolute atomic E-state index is 0.0746. The maximum atomic E-state index is 12.7. The molecule has 1 fully saturated rings. The highest BCUT2D eigenvalue weighted by Crippen LogP contribution is 2.17. The Morgan fingerprint density at radius 3 is 2.13 bits per heavy atom. The van der Waals surface area contributed by atoms with E-state index in [1.54, 1.807) is 42.5 Å². The van der Waals surface area contributed by atoms with E-state index in [1.807, 2.05) is 6.07 Å². The fourth-order valence-corrected chi connectivity index (χ4v) is 3.90. The zero-order valence-corrected chi connectivity index (χ0v) is 17.7. The number of hydrogen-bond acceptors (Lipinski definition) is 4. The molecule has 164 valence electrons. The van der Waals surface area contributed by atoms with Gasteiger partial charge in [0, 0.05) is 22.7 Å². The first kappa shape index (κ1) is 22.7. The van der Waals surface area contributed by atoms with Crippen molar-refractivity contribution < 1.29 is 19.5 Å². The highest BCUT2D eigenvalue weighted by Gasteiger charge is 2.24. The summed E-state index contributed by atoms with van der Waals surface area (Å²) in [6.07, 6.45) is 7.56. The molecular weight excluding hydrogens is 392 g/mol. The fourth-order valence-electron chi connectivity index (χ4n) is 3.90. The highest BCUT2D eigenvalue weighted by atomic mass is 16.3. The van der Waals surface area contributed by atoms with Gasteiger partial charge in [-0.2, -0.15) is 0 Å². The molecule has 2 amide bonds. The van der Waals surface area contributed by atoms with Gasteiger partial charge < -0.3 is 15.7 Å². The Morgan fingerprint density at radius 2 is 1.45 bits per heavy atom. The molecule has 3 N–H and O–H groups in total. The fraction of sp³-hybridized carbons (Fsp3) is 0.400. The number of benzene rings is 2. The topological polar surface area (TPSA) is 95.5 Å². The van der Waals surface area contributed by atoms with Crippen LogP contribution in [0.4, 0.5) is 0 Å². The molecular formula is C25H30N2O4. The summed E-state index contributed by atoms with van der Waals surface area (Å²) in [6.45, 7) is -0.493. The third-order valence-electron chi connectivity index (χ3n) is 5.68. The van der Waals surface area contributed by atoms with E-state index in [2.05, 4.69) is 10.6 Å². The summed E-state index contributed by atoms with van der Waals surface area (Å²) in [5.41, 5.74) is 1.18. The van der Waals surface area contributed by atoms with Crippen LogP contribution in [0.3, 0.4) is 0 Å². The van der Waals surface area contributed by atoms with E-state index in [9.17, 15) is 19.5 Å². The number of hydrogen-bond donors (Lipinski definition) is 3. The van der Waals surface area contributed by atoms with Crippen LogP contribution >= 0.6 is 0 Å². The smallest absolute Gasteiger partial charge is 0.252 e. The minimum atomic E-state index is -1.04. The first-order chi connectivity index (χ1) is 15.1. The van der Waals surface area contributed by atoms with Gasteiger partial charge in [-0.15, -0.1) is 0 Å². The average molecular weight is 423 g/mol. The van der Waals surface area contributed by atoms with Crippen molar-refractivity contribution in [3.63, 3.8) is 0 Å². The van der Waals surface area contributed by atoms with Crippen molar-refractivity contribution in [2.75, 3.05) is 6.61 Å². The van der Waals surface area contributed by atoms with Crippen molar-refractivity contribution >= 4 is 17.6 Å². The third-order valence-corrected chi connectivity index (χ3v) is 5.68. The summed E-state index contributed by atoms with van der Waals surface area (Å²) in [4.78, 5) is 38.0. The van der Waals surface area contributed by atoms with Gasteiger partial charge in [0.2, 0.25) is 5.91 Å². The SMILES string of the molecule is O=C(NC(CO)C(=O)NC1CCCCCCC1)c1cccc(C(=O)c2ccccc2)c1. The number of ketones is 1. The van der Waals surface area contributed by atoms with E-state index < -0.39 is 18.6 Å². The van der Waals surface area contributed by atoms with Gasteiger partial charge in [-0.3, -0.25) is 14.4 Å². The Kier molecular flexibility index (Phi) is 8.35. The molecule has 1 aliphatic carbocycles. The summed E-state index contributed by atoms with van der Waals surface area (Å²) in [5.74, 6) is -1.07. The van der Waals surface area contributed by atoms with Crippen molar-refractivity contribution in [2.24, 2.45) is 0 Å². The zero-order chi connectivity index (χ0) is 22.1. The van der Waals surface area contributed by atoms with Crippen LogP contribution in [-0.2, 0) is 4.79 Å². The Bertz CT molecular complexity index is 889. The molecule has 31 heavy (non-hydrogen) atoms. The van der Waals surface area contributed by atoms with Crippen LogP contribution < -0.4 is 10.6 Å². The lowest BCUT2D eigenvalue weighted by atomic mass is 9.96. The second-order valence-corrected chi connectivity index (χ2v) is 8.04. The minimum Gasteiger partial charge on any atom is -0.394 e. The lowest BCUT2D eigenvalue weighted by Crippen LogP contribution is -2.51. The van der Waals surface area contributed by atoms with Gasteiger partial charge in [0.25, 0.3) is 5.91 Å². The molecule has 0 radical (unpaired) electrons. The van der Waals surface area contributed by atoms with E-state index in [-0.39, 0.29) is 23.3 Å². The molecule has 0 aromatic heterocycles. The van der Waals surface area contributed by atoms with Gasteiger partial charge in [-0.1, -0.05) is 74.6 Å². The van der Waals surface area contributed by atoms with Gasteiger partial charge in [-0.05, 0) is 25.0 Å². The molecule has 6 heteroatoms. The van der Waals surface area contributed by atoms with Crippen molar-refractivity contribution in [1.29, 1.82) is 0 Å². The number of rotatable bonds is 7. The lowest BCUT2D eigenvalue weighted by molar-refractivity contribution is -0.124. The molecule has 1 unspecified atom stereocenters. The molecule has 2 aromatic carbocycles. The summed E-state index contributed by atoms with van der Waals surface area (Å²) < 4.78 is 0. The summed E-state index contributed by atoms with van der Waals surface area (Å²) >= 11 is 0. The Hall–Kier alpha value is -2.99. The molecule has 0 spiro atoms. The molecule has 0 aliphatic heterocycles. The Labute approximate surface area is 183 Å². The summed E-state index contributed by atoms with van der Waals surface area (Å²) in [6, 6.07) is 14.2. The van der Waals surface area contributed by atoms with Gasteiger partial charge >= 0.3 is 0 Å². The molecule has 0 bridgehead atoms. The first-order valence-electron chi connectivity index (χ1n) is 11.0. The quantitative estimate of drug-likeness (QED) is 0.597. The predicted octanol–water partition coefficient (Wildman–Crippen LogP) is 3.24. The molecule has 0 saturated heterocycles. The molecule has 1 saturated carbocycles. The largest absolute Gasteiger partial charge is 0.394 e. The monoisotopic (exact) mass is 422 g/mol. The van der Waals surface area contributed by atoms with Crippen molar-refractivity contribution in [3.05, 3.63) is 71.3 Å². The number of carbonyl (C=O) groups excluding carboxylic acids is 3. The molecule has 2 aromatic rings. The van der Waals surface area contributed by atoms with E-state index in [0.29, 0.717) is 11.1 Å². The summed E-state index contributed by atoms with van der Waals surface area (Å²) in [5, 5.41) is 15.3. The molecule has 1 aliphatic rings. The second kappa shape index (κ2) is 11.4. The Balaban J connectivity index is 1.63. The van der Waals surface area contributed by atoms with Gasteiger partial charge in [-0.25, -0.2) is 0 Å². The van der Waals surface area contributed by atoms with E-state index in [0.717, 1.165) is 25.7 Å². The van der Waals surface area contributed by atoms with Gasteiger partial charge in [0.1, 0.15) is 6.04 Å². The van der Waals surface area contributed by atoms with E-state index >= 15 is 0 Å². The number of aliphatic hydroxyl groups excluding tert-OH is 1. The number of aliphatic hydroxyl groups is 1. The maximum Gasteiger partial charge on any atom is 0.252 e. The lowest BCUT2D eigenvalue weighted by Gasteiger charge is -2.24.